The molecule has 0 aliphatic carbocycles. The Balaban J connectivity index is 0.000000194. The summed E-state index contributed by atoms with van der Waals surface area (Å²) in [5.74, 6) is 4.25. The fraction of sp³-hybridized carbons (Fsp3) is 0.0500. The monoisotopic (exact) mass is 781 g/mol. The van der Waals surface area contributed by atoms with Gasteiger partial charge in [0.1, 0.15) is 34.5 Å². The van der Waals surface area contributed by atoms with Crippen molar-refractivity contribution in [2.45, 2.75) is 11.8 Å². The molecule has 253 valence electrons. The van der Waals surface area contributed by atoms with Gasteiger partial charge in [-0.25, -0.2) is 0 Å². The summed E-state index contributed by atoms with van der Waals surface area (Å²) < 4.78 is 35.1. The molecule has 0 aromatic heterocycles. The van der Waals surface area contributed by atoms with E-state index in [0.717, 1.165) is 4.89 Å². The molecular formula is C40H37O6P2Pd. The number of hydrogen-bond acceptors (Lipinski definition) is 6. The van der Waals surface area contributed by atoms with Crippen LogP contribution in [-0.4, -0.2) is 0 Å². The molecular weight excluding hydrogens is 745 g/mol. The minimum absolute atomic E-state index is 0.709. The quantitative estimate of drug-likeness (QED) is 0.0661. The molecule has 6 nitrogen and oxygen atoms in total. The predicted molar refractivity (Wildman–Crippen MR) is 196 cm³/mol. The van der Waals surface area contributed by atoms with Crippen LogP contribution in [0.4, 0.5) is 0 Å². The topological polar surface area (TPSA) is 55.4 Å². The molecule has 0 bridgehead atoms. The van der Waals surface area contributed by atoms with Crippen LogP contribution in [0.2, 0.25) is 4.89 Å². The van der Waals surface area contributed by atoms with E-state index in [4.69, 9.17) is 27.1 Å². The van der Waals surface area contributed by atoms with Gasteiger partial charge in [-0.05, 0) is 72.8 Å². The Bertz CT molecular complexity index is 1400. The molecule has 0 heterocycles. The second kappa shape index (κ2) is 22.1. The molecule has 0 fully saturated rings. The van der Waals surface area contributed by atoms with Crippen molar-refractivity contribution < 1.29 is 46.3 Å². The first-order valence-corrected chi connectivity index (χ1v) is 18.5. The van der Waals surface area contributed by atoms with Crippen molar-refractivity contribution in [3.05, 3.63) is 194 Å². The third-order valence-electron chi connectivity index (χ3n) is 5.73. The Morgan fingerprint density at radius 3 is 0.653 bits per heavy atom. The Hall–Kier alpha value is -4.62. The van der Waals surface area contributed by atoms with Crippen molar-refractivity contribution in [2.75, 3.05) is 0 Å². The smallest absolute Gasteiger partial charge is 0.409 e. The Morgan fingerprint density at radius 2 is 0.531 bits per heavy atom. The van der Waals surface area contributed by atoms with Crippen molar-refractivity contribution in [3.63, 3.8) is 0 Å². The van der Waals surface area contributed by atoms with E-state index < -0.39 is 17.2 Å². The van der Waals surface area contributed by atoms with E-state index in [9.17, 15) is 0 Å². The first kappa shape index (κ1) is 37.2. The van der Waals surface area contributed by atoms with Crippen molar-refractivity contribution in [1.29, 1.82) is 0 Å². The van der Waals surface area contributed by atoms with Crippen LogP contribution in [0, 0.1) is 0 Å². The minimum Gasteiger partial charge on any atom is -0.409 e. The van der Waals surface area contributed by atoms with E-state index in [0.29, 0.717) is 34.5 Å². The van der Waals surface area contributed by atoms with Gasteiger partial charge in [0.05, 0.1) is 0 Å². The molecule has 0 radical (unpaired) electrons. The number of para-hydroxylation sites is 6. The van der Waals surface area contributed by atoms with Gasteiger partial charge in [-0.1, -0.05) is 109 Å². The van der Waals surface area contributed by atoms with Gasteiger partial charge in [-0.15, -0.1) is 0 Å². The van der Waals surface area contributed by atoms with Gasteiger partial charge in [0.25, 0.3) is 0 Å². The van der Waals surface area contributed by atoms with Gasteiger partial charge in [0.2, 0.25) is 0 Å². The maximum absolute atomic E-state index is 5.84. The summed E-state index contributed by atoms with van der Waals surface area (Å²) in [6.45, 7) is 5.63. The van der Waals surface area contributed by atoms with Gasteiger partial charge in [-0.2, -0.15) is 0 Å². The van der Waals surface area contributed by atoms with Crippen molar-refractivity contribution >= 4 is 17.2 Å². The fourth-order valence-corrected chi connectivity index (χ4v) is 5.50. The zero-order valence-electron chi connectivity index (χ0n) is 26.9. The van der Waals surface area contributed by atoms with Crippen LogP contribution < -0.4 is 27.1 Å². The zero-order chi connectivity index (χ0) is 34.4. The molecule has 6 aromatic carbocycles. The third-order valence-corrected chi connectivity index (χ3v) is 8.83. The standard InChI is InChI=1S/2C18H15O3P.C4H7.Pd/c2*1-4-10-16(11-5-1)19-22(20-17-12-6-2-7-13-17)21-18-14-8-3-9-15-18;1-4(2)3;/h2*1-15H;1-2H2,3H3;. The summed E-state index contributed by atoms with van der Waals surface area (Å²) in [6, 6.07) is 57.0. The SMILES string of the molecule is C=C(C)[CH2][Pd].c1ccc(OP(Oc2ccccc2)Oc2ccccc2)cc1.c1ccc(OP(Oc2ccccc2)Oc2ccccc2)cc1. The van der Waals surface area contributed by atoms with E-state index in [2.05, 4.69) is 25.8 Å². The first-order chi connectivity index (χ1) is 24.1. The van der Waals surface area contributed by atoms with Crippen LogP contribution in [0.3, 0.4) is 0 Å². The van der Waals surface area contributed by atoms with Crippen LogP contribution in [0.5, 0.6) is 34.5 Å². The summed E-state index contributed by atoms with van der Waals surface area (Å²) in [4.78, 5) is 0.961. The molecule has 0 aliphatic heterocycles. The van der Waals surface area contributed by atoms with Gasteiger partial charge in [0.15, 0.2) is 0 Å². The summed E-state index contributed by atoms with van der Waals surface area (Å²) >= 11 is 2.99. The van der Waals surface area contributed by atoms with Crippen molar-refractivity contribution in [1.82, 2.24) is 0 Å². The van der Waals surface area contributed by atoms with Crippen LogP contribution in [0.15, 0.2) is 194 Å². The van der Waals surface area contributed by atoms with Gasteiger partial charge >= 0.3 is 60.4 Å². The molecule has 0 aliphatic rings. The second-order valence-corrected chi connectivity index (χ2v) is 12.5. The van der Waals surface area contributed by atoms with Crippen molar-refractivity contribution in [3.8, 4) is 34.5 Å². The van der Waals surface area contributed by atoms with Crippen LogP contribution in [0.25, 0.3) is 0 Å². The number of hydrogen-bond donors (Lipinski definition) is 0. The normalized spacial score (nSPS) is 9.98. The Labute approximate surface area is 302 Å². The Kier molecular flexibility index (Phi) is 16.8. The van der Waals surface area contributed by atoms with Gasteiger partial charge in [-0.3, -0.25) is 0 Å². The predicted octanol–water partition coefficient (Wildman–Crippen LogP) is 12.4. The maximum Gasteiger partial charge on any atom is 0.530 e. The molecule has 0 atom stereocenters. The molecule has 0 saturated carbocycles. The maximum atomic E-state index is 5.84. The molecule has 6 aromatic rings. The molecule has 0 saturated heterocycles. The van der Waals surface area contributed by atoms with Gasteiger partial charge < -0.3 is 27.1 Å². The van der Waals surface area contributed by atoms with E-state index in [1.807, 2.05) is 189 Å². The average molecular weight is 782 g/mol. The number of allylic oxidation sites excluding steroid dienone is 1. The third kappa shape index (κ3) is 15.4. The summed E-state index contributed by atoms with van der Waals surface area (Å²) in [6.07, 6.45) is 0. The minimum atomic E-state index is -1.59. The fourth-order valence-electron chi connectivity index (χ4n) is 3.52. The van der Waals surface area contributed by atoms with Crippen LogP contribution >= 0.6 is 17.2 Å². The summed E-state index contributed by atoms with van der Waals surface area (Å²) in [5, 5.41) is 0. The van der Waals surface area contributed by atoms with E-state index in [1.54, 1.807) is 0 Å². The second-order valence-electron chi connectivity index (χ2n) is 9.94. The molecule has 0 amide bonds. The molecule has 0 spiro atoms. The Morgan fingerprint density at radius 1 is 0.388 bits per heavy atom. The van der Waals surface area contributed by atoms with Crippen LogP contribution in [-0.2, 0) is 19.2 Å². The van der Waals surface area contributed by atoms with Crippen LogP contribution in [0.1, 0.15) is 6.92 Å². The van der Waals surface area contributed by atoms with E-state index >= 15 is 0 Å². The molecule has 49 heavy (non-hydrogen) atoms. The van der Waals surface area contributed by atoms with Crippen molar-refractivity contribution in [2.24, 2.45) is 0 Å². The average Bonchev–Trinajstić information content (AvgIpc) is 3.15. The molecule has 0 unspecified atom stereocenters. The molecule has 6 rings (SSSR count). The molecule has 9 heteroatoms. The summed E-state index contributed by atoms with van der Waals surface area (Å²) in [7, 11) is -3.18. The zero-order valence-corrected chi connectivity index (χ0v) is 30.2. The molecule has 0 N–H and O–H groups in total. The van der Waals surface area contributed by atoms with E-state index in [-0.39, 0.29) is 0 Å². The number of benzene rings is 6. The first-order valence-electron chi connectivity index (χ1n) is 15.2. The van der Waals surface area contributed by atoms with Gasteiger partial charge in [0, 0.05) is 0 Å². The summed E-state index contributed by atoms with van der Waals surface area (Å²) in [5.41, 5.74) is 1.19. The van der Waals surface area contributed by atoms with E-state index in [1.165, 1.54) is 5.57 Å². The number of rotatable bonds is 13. The largest absolute Gasteiger partial charge is 0.530 e.